The van der Waals surface area contributed by atoms with Crippen molar-refractivity contribution in [3.63, 3.8) is 0 Å². The van der Waals surface area contributed by atoms with Crippen molar-refractivity contribution >= 4 is 0 Å². The van der Waals surface area contributed by atoms with E-state index >= 15 is 0 Å². The summed E-state index contributed by atoms with van der Waals surface area (Å²) in [4.78, 5) is 0. The molecule has 3 N–H and O–H groups in total. The molecule has 0 aromatic heterocycles. The van der Waals surface area contributed by atoms with E-state index < -0.39 is 11.7 Å². The quantitative estimate of drug-likeness (QED) is 0.907. The van der Waals surface area contributed by atoms with Crippen molar-refractivity contribution in [3.8, 4) is 11.5 Å². The third-order valence-corrected chi connectivity index (χ3v) is 3.86. The van der Waals surface area contributed by atoms with Crippen molar-refractivity contribution in [1.82, 2.24) is 0 Å². The van der Waals surface area contributed by atoms with Crippen LogP contribution in [0.5, 0.6) is 11.5 Å². The molecule has 4 heteroatoms. The molecule has 0 unspecified atom stereocenters. The van der Waals surface area contributed by atoms with E-state index in [1.54, 1.807) is 0 Å². The average molecular weight is 285 g/mol. The van der Waals surface area contributed by atoms with Gasteiger partial charge in [0.05, 0.1) is 0 Å². The van der Waals surface area contributed by atoms with Crippen LogP contribution in [-0.2, 0) is 0 Å². The second kappa shape index (κ2) is 5.39. The zero-order valence-electron chi connectivity index (χ0n) is 12.0. The summed E-state index contributed by atoms with van der Waals surface area (Å²) in [6.07, 6.45) is -0.548. The Morgan fingerprint density at radius 3 is 2.71 bits per heavy atom. The number of benzene rings is 2. The van der Waals surface area contributed by atoms with E-state index in [4.69, 9.17) is 15.2 Å². The van der Waals surface area contributed by atoms with Gasteiger partial charge in [-0.2, -0.15) is 0 Å². The first-order valence-electron chi connectivity index (χ1n) is 7.00. The van der Waals surface area contributed by atoms with Gasteiger partial charge < -0.3 is 20.3 Å². The van der Waals surface area contributed by atoms with Crippen LogP contribution >= 0.6 is 0 Å². The SMILES string of the molecule is Cc1ccccc1O[C@@H]1c2ccccc2OC[C@]1(O)CN. The van der Waals surface area contributed by atoms with Crippen molar-refractivity contribution in [1.29, 1.82) is 0 Å². The minimum absolute atomic E-state index is 0.0673. The van der Waals surface area contributed by atoms with Gasteiger partial charge in [0.15, 0.2) is 11.7 Å². The molecule has 4 nitrogen and oxygen atoms in total. The Morgan fingerprint density at radius 1 is 1.24 bits per heavy atom. The molecule has 0 spiro atoms. The lowest BCUT2D eigenvalue weighted by Crippen LogP contribution is -2.52. The molecule has 2 aromatic carbocycles. The van der Waals surface area contributed by atoms with Crippen LogP contribution in [-0.4, -0.2) is 23.9 Å². The highest BCUT2D eigenvalue weighted by molar-refractivity contribution is 5.41. The van der Waals surface area contributed by atoms with E-state index in [0.717, 1.165) is 22.6 Å². The molecule has 1 heterocycles. The Hall–Kier alpha value is -2.04. The Balaban J connectivity index is 2.02. The molecule has 0 saturated carbocycles. The van der Waals surface area contributed by atoms with E-state index in [9.17, 15) is 5.11 Å². The smallest absolute Gasteiger partial charge is 0.160 e. The lowest BCUT2D eigenvalue weighted by Gasteiger charge is -2.39. The normalized spacial score (nSPS) is 24.0. The molecule has 21 heavy (non-hydrogen) atoms. The predicted octanol–water partition coefficient (Wildman–Crippen LogP) is 2.20. The second-order valence-corrected chi connectivity index (χ2v) is 5.40. The third-order valence-electron chi connectivity index (χ3n) is 3.86. The molecule has 110 valence electrons. The molecule has 0 saturated heterocycles. The molecule has 1 aliphatic heterocycles. The molecular formula is C17H19NO3. The first kappa shape index (κ1) is 13.9. The molecule has 2 aromatic rings. The Kier molecular flexibility index (Phi) is 3.57. The van der Waals surface area contributed by atoms with Gasteiger partial charge >= 0.3 is 0 Å². The van der Waals surface area contributed by atoms with Crippen molar-refractivity contribution in [2.75, 3.05) is 13.2 Å². The molecule has 3 rings (SSSR count). The number of ether oxygens (including phenoxy) is 2. The maximum atomic E-state index is 10.8. The van der Waals surface area contributed by atoms with Crippen LogP contribution in [0.25, 0.3) is 0 Å². The summed E-state index contributed by atoms with van der Waals surface area (Å²) >= 11 is 0. The second-order valence-electron chi connectivity index (χ2n) is 5.40. The summed E-state index contributed by atoms with van der Waals surface area (Å²) in [6.45, 7) is 2.16. The molecule has 0 aliphatic carbocycles. The number of para-hydroxylation sites is 2. The summed E-state index contributed by atoms with van der Waals surface area (Å²) in [6, 6.07) is 15.3. The van der Waals surface area contributed by atoms with Crippen LogP contribution in [0.4, 0.5) is 0 Å². The highest BCUT2D eigenvalue weighted by atomic mass is 16.5. The molecule has 0 amide bonds. The number of hydrogen-bond donors (Lipinski definition) is 2. The van der Waals surface area contributed by atoms with Crippen molar-refractivity contribution in [3.05, 3.63) is 59.7 Å². The lowest BCUT2D eigenvalue weighted by molar-refractivity contribution is -0.0969. The van der Waals surface area contributed by atoms with Gasteiger partial charge in [0.25, 0.3) is 0 Å². The van der Waals surface area contributed by atoms with E-state index in [2.05, 4.69) is 0 Å². The predicted molar refractivity (Wildman–Crippen MR) is 80.5 cm³/mol. The number of aliphatic hydroxyl groups is 1. The molecule has 1 aliphatic rings. The summed E-state index contributed by atoms with van der Waals surface area (Å²) in [7, 11) is 0. The average Bonchev–Trinajstić information content (AvgIpc) is 2.52. The number of aryl methyl sites for hydroxylation is 1. The first-order valence-corrected chi connectivity index (χ1v) is 7.00. The van der Waals surface area contributed by atoms with Gasteiger partial charge in [-0.3, -0.25) is 0 Å². The first-order chi connectivity index (χ1) is 10.1. The van der Waals surface area contributed by atoms with E-state index in [-0.39, 0.29) is 13.2 Å². The van der Waals surface area contributed by atoms with Crippen molar-refractivity contribution in [2.24, 2.45) is 5.73 Å². The lowest BCUT2D eigenvalue weighted by atomic mass is 9.88. The Bertz CT molecular complexity index is 643. The third kappa shape index (κ3) is 2.48. The van der Waals surface area contributed by atoms with Crippen molar-refractivity contribution in [2.45, 2.75) is 18.6 Å². The maximum Gasteiger partial charge on any atom is 0.160 e. The van der Waals surface area contributed by atoms with Crippen LogP contribution < -0.4 is 15.2 Å². The van der Waals surface area contributed by atoms with Crippen LogP contribution in [0.2, 0.25) is 0 Å². The summed E-state index contributed by atoms with van der Waals surface area (Å²) in [5, 5.41) is 10.8. The zero-order valence-corrected chi connectivity index (χ0v) is 12.0. The molecule has 0 radical (unpaired) electrons. The van der Waals surface area contributed by atoms with Gasteiger partial charge in [-0.1, -0.05) is 36.4 Å². The minimum Gasteiger partial charge on any atom is -0.490 e. The standard InChI is InChI=1S/C17H19NO3/c1-12-6-2-4-8-14(12)21-16-13-7-3-5-9-15(13)20-11-17(16,19)10-18/h2-9,16,19H,10-11,18H2,1H3/t16-,17-/m1/s1. The zero-order chi connectivity index (χ0) is 14.9. The largest absolute Gasteiger partial charge is 0.490 e. The number of rotatable bonds is 3. The van der Waals surface area contributed by atoms with Gasteiger partial charge in [0.1, 0.15) is 18.1 Å². The van der Waals surface area contributed by atoms with Gasteiger partial charge in [-0.25, -0.2) is 0 Å². The highest BCUT2D eigenvalue weighted by Gasteiger charge is 2.44. The van der Waals surface area contributed by atoms with Crippen LogP contribution in [0.15, 0.2) is 48.5 Å². The van der Waals surface area contributed by atoms with E-state index in [1.807, 2.05) is 55.5 Å². The van der Waals surface area contributed by atoms with E-state index in [0.29, 0.717) is 0 Å². The summed E-state index contributed by atoms with van der Waals surface area (Å²) in [5.41, 5.74) is 6.36. The number of nitrogens with two attached hydrogens (primary N) is 1. The fourth-order valence-electron chi connectivity index (χ4n) is 2.55. The van der Waals surface area contributed by atoms with Crippen LogP contribution in [0.1, 0.15) is 17.2 Å². The number of hydrogen-bond acceptors (Lipinski definition) is 4. The van der Waals surface area contributed by atoms with Crippen LogP contribution in [0.3, 0.4) is 0 Å². The van der Waals surface area contributed by atoms with Gasteiger partial charge in [0.2, 0.25) is 0 Å². The monoisotopic (exact) mass is 285 g/mol. The van der Waals surface area contributed by atoms with Crippen molar-refractivity contribution < 1.29 is 14.6 Å². The van der Waals surface area contributed by atoms with Crippen LogP contribution in [0, 0.1) is 6.92 Å². The fourth-order valence-corrected chi connectivity index (χ4v) is 2.55. The highest BCUT2D eigenvalue weighted by Crippen LogP contribution is 2.40. The molecule has 0 fully saturated rings. The minimum atomic E-state index is -1.24. The number of fused-ring (bicyclic) bond motifs is 1. The van der Waals surface area contributed by atoms with Gasteiger partial charge in [0, 0.05) is 12.1 Å². The molecular weight excluding hydrogens is 266 g/mol. The summed E-state index contributed by atoms with van der Waals surface area (Å²) in [5.74, 6) is 1.47. The Morgan fingerprint density at radius 2 is 1.95 bits per heavy atom. The van der Waals surface area contributed by atoms with Gasteiger partial charge in [-0.15, -0.1) is 0 Å². The van der Waals surface area contributed by atoms with E-state index in [1.165, 1.54) is 0 Å². The Labute approximate surface area is 124 Å². The van der Waals surface area contributed by atoms with Gasteiger partial charge in [-0.05, 0) is 24.6 Å². The molecule has 2 atom stereocenters. The molecule has 0 bridgehead atoms. The summed E-state index contributed by atoms with van der Waals surface area (Å²) < 4.78 is 11.7. The topological polar surface area (TPSA) is 64.7 Å². The fraction of sp³-hybridized carbons (Fsp3) is 0.294. The maximum absolute atomic E-state index is 10.8.